The van der Waals surface area contributed by atoms with E-state index in [2.05, 4.69) is 35.1 Å². The number of nitrogens with one attached hydrogen (secondary N) is 1. The predicted molar refractivity (Wildman–Crippen MR) is 61.5 cm³/mol. The summed E-state index contributed by atoms with van der Waals surface area (Å²) in [7, 11) is 0. The van der Waals surface area contributed by atoms with Gasteiger partial charge in [0.25, 0.3) is 0 Å². The fourth-order valence-electron chi connectivity index (χ4n) is 1.66. The van der Waals surface area contributed by atoms with E-state index >= 15 is 0 Å². The zero-order valence-electron chi connectivity index (χ0n) is 9.74. The van der Waals surface area contributed by atoms with Gasteiger partial charge in [0.05, 0.1) is 6.20 Å². The highest BCUT2D eigenvalue weighted by atomic mass is 15.3. The lowest BCUT2D eigenvalue weighted by Crippen LogP contribution is -2.21. The highest BCUT2D eigenvalue weighted by Crippen LogP contribution is 2.32. The molecule has 0 radical (unpaired) electrons. The summed E-state index contributed by atoms with van der Waals surface area (Å²) in [5.41, 5.74) is 1.29. The minimum atomic E-state index is 0.541. The molecular formula is C12H21N3. The van der Waals surface area contributed by atoms with Crippen molar-refractivity contribution in [2.75, 3.05) is 0 Å². The van der Waals surface area contributed by atoms with E-state index in [1.807, 2.05) is 6.20 Å². The van der Waals surface area contributed by atoms with Crippen LogP contribution in [0.4, 0.5) is 0 Å². The second-order valence-electron chi connectivity index (χ2n) is 4.88. The molecule has 1 aliphatic rings. The Balaban J connectivity index is 1.75. The number of nitrogens with zero attached hydrogens (tertiary/aromatic N) is 2. The van der Waals surface area contributed by atoms with E-state index in [9.17, 15) is 0 Å². The van der Waals surface area contributed by atoms with Gasteiger partial charge in [0.15, 0.2) is 0 Å². The van der Waals surface area contributed by atoms with Crippen LogP contribution in [-0.2, 0) is 13.1 Å². The van der Waals surface area contributed by atoms with Crippen LogP contribution in [0.2, 0.25) is 0 Å². The first kappa shape index (κ1) is 10.7. The molecule has 1 aromatic heterocycles. The number of hydrogen-bond acceptors (Lipinski definition) is 2. The average Bonchev–Trinajstić information content (AvgIpc) is 2.92. The summed E-state index contributed by atoms with van der Waals surface area (Å²) < 4.78 is 2.08. The Hall–Kier alpha value is -0.830. The highest BCUT2D eigenvalue weighted by molar-refractivity contribution is 5.03. The molecule has 0 saturated heterocycles. The molecule has 1 N–H and O–H groups in total. The second-order valence-corrected chi connectivity index (χ2v) is 4.88. The molecule has 15 heavy (non-hydrogen) atoms. The van der Waals surface area contributed by atoms with E-state index in [-0.39, 0.29) is 0 Å². The maximum absolute atomic E-state index is 4.37. The zero-order chi connectivity index (χ0) is 10.7. The molecule has 1 aromatic rings. The number of hydrogen-bond donors (Lipinski definition) is 1. The molecule has 3 nitrogen and oxygen atoms in total. The molecule has 0 amide bonds. The largest absolute Gasteiger partial charge is 0.310 e. The smallest absolute Gasteiger partial charge is 0.0534 e. The van der Waals surface area contributed by atoms with Gasteiger partial charge in [-0.05, 0) is 12.3 Å². The molecule has 1 aliphatic carbocycles. The van der Waals surface area contributed by atoms with Gasteiger partial charge in [0, 0.05) is 30.9 Å². The number of rotatable bonds is 6. The van der Waals surface area contributed by atoms with Crippen LogP contribution >= 0.6 is 0 Å². The number of aromatic nitrogens is 2. The van der Waals surface area contributed by atoms with E-state index < -0.39 is 0 Å². The van der Waals surface area contributed by atoms with Crippen molar-refractivity contribution in [1.82, 2.24) is 15.1 Å². The first-order valence-electron chi connectivity index (χ1n) is 5.99. The second kappa shape index (κ2) is 4.79. The quantitative estimate of drug-likeness (QED) is 0.775. The molecule has 0 unspecified atom stereocenters. The topological polar surface area (TPSA) is 29.9 Å². The van der Waals surface area contributed by atoms with E-state index in [0.29, 0.717) is 6.04 Å². The fraction of sp³-hybridized carbons (Fsp3) is 0.750. The summed E-state index contributed by atoms with van der Waals surface area (Å²) in [6.45, 7) is 6.35. The molecule has 3 heteroatoms. The fourth-order valence-corrected chi connectivity index (χ4v) is 1.66. The normalized spacial score (nSPS) is 16.2. The van der Waals surface area contributed by atoms with E-state index in [1.54, 1.807) is 0 Å². The summed E-state index contributed by atoms with van der Waals surface area (Å²) >= 11 is 0. The van der Waals surface area contributed by atoms with Crippen LogP contribution in [0.5, 0.6) is 0 Å². The number of aryl methyl sites for hydroxylation is 1. The maximum atomic E-state index is 4.37. The van der Waals surface area contributed by atoms with Crippen LogP contribution < -0.4 is 5.32 Å². The van der Waals surface area contributed by atoms with Crippen molar-refractivity contribution < 1.29 is 0 Å². The van der Waals surface area contributed by atoms with Gasteiger partial charge < -0.3 is 5.32 Å². The monoisotopic (exact) mass is 207 g/mol. The van der Waals surface area contributed by atoms with Crippen LogP contribution in [0, 0.1) is 5.92 Å². The Morgan fingerprint density at radius 1 is 1.53 bits per heavy atom. The third-order valence-corrected chi connectivity index (χ3v) is 2.86. The van der Waals surface area contributed by atoms with Gasteiger partial charge in [-0.15, -0.1) is 0 Å². The van der Waals surface area contributed by atoms with Gasteiger partial charge in [-0.2, -0.15) is 5.10 Å². The van der Waals surface area contributed by atoms with Crippen LogP contribution in [0.1, 0.15) is 38.7 Å². The Kier molecular flexibility index (Phi) is 3.41. The lowest BCUT2D eigenvalue weighted by atomic mass is 10.3. The third kappa shape index (κ3) is 3.67. The SMILES string of the molecule is CC(C)NCc1cnn(CCC2CC2)c1. The molecule has 1 fully saturated rings. The molecular weight excluding hydrogens is 186 g/mol. The maximum Gasteiger partial charge on any atom is 0.0534 e. The van der Waals surface area contributed by atoms with Crippen molar-refractivity contribution in [3.8, 4) is 0 Å². The highest BCUT2D eigenvalue weighted by Gasteiger charge is 2.20. The summed E-state index contributed by atoms with van der Waals surface area (Å²) in [6.07, 6.45) is 8.31. The Bertz CT molecular complexity index is 279. The lowest BCUT2D eigenvalue weighted by Gasteiger charge is -2.05. The minimum absolute atomic E-state index is 0.541. The molecule has 0 atom stereocenters. The molecule has 0 aromatic carbocycles. The summed E-state index contributed by atoms with van der Waals surface area (Å²) in [5.74, 6) is 0.992. The van der Waals surface area contributed by atoms with Crippen LogP contribution in [0.3, 0.4) is 0 Å². The first-order chi connectivity index (χ1) is 7.24. The van der Waals surface area contributed by atoms with Gasteiger partial charge in [0.2, 0.25) is 0 Å². The van der Waals surface area contributed by atoms with E-state index in [4.69, 9.17) is 0 Å². The van der Waals surface area contributed by atoms with Gasteiger partial charge in [-0.3, -0.25) is 4.68 Å². The zero-order valence-corrected chi connectivity index (χ0v) is 9.74. The van der Waals surface area contributed by atoms with Crippen molar-refractivity contribution in [3.05, 3.63) is 18.0 Å². The molecule has 1 saturated carbocycles. The van der Waals surface area contributed by atoms with Crippen molar-refractivity contribution >= 4 is 0 Å². The van der Waals surface area contributed by atoms with Crippen LogP contribution in [0.25, 0.3) is 0 Å². The standard InChI is InChI=1S/C12H21N3/c1-10(2)13-7-12-8-14-15(9-12)6-5-11-3-4-11/h8-11,13H,3-7H2,1-2H3. The molecule has 84 valence electrons. The van der Waals surface area contributed by atoms with Gasteiger partial charge in [0.1, 0.15) is 0 Å². The molecule has 0 spiro atoms. The van der Waals surface area contributed by atoms with Gasteiger partial charge >= 0.3 is 0 Å². The predicted octanol–water partition coefficient (Wildman–Crippen LogP) is 2.18. The summed E-state index contributed by atoms with van der Waals surface area (Å²) in [4.78, 5) is 0. The Morgan fingerprint density at radius 3 is 3.00 bits per heavy atom. The minimum Gasteiger partial charge on any atom is -0.310 e. The van der Waals surface area contributed by atoms with E-state index in [0.717, 1.165) is 19.0 Å². The first-order valence-corrected chi connectivity index (χ1v) is 5.99. The van der Waals surface area contributed by atoms with Crippen LogP contribution in [0.15, 0.2) is 12.4 Å². The molecule has 2 rings (SSSR count). The summed E-state index contributed by atoms with van der Waals surface area (Å²) in [6, 6.07) is 0.541. The Labute approximate surface area is 91.9 Å². The Morgan fingerprint density at radius 2 is 2.33 bits per heavy atom. The van der Waals surface area contributed by atoms with Gasteiger partial charge in [-0.25, -0.2) is 0 Å². The molecule has 0 aliphatic heterocycles. The lowest BCUT2D eigenvalue weighted by molar-refractivity contribution is 0.545. The third-order valence-electron chi connectivity index (χ3n) is 2.86. The van der Waals surface area contributed by atoms with E-state index in [1.165, 1.54) is 24.8 Å². The van der Waals surface area contributed by atoms with Crippen molar-refractivity contribution in [3.63, 3.8) is 0 Å². The van der Waals surface area contributed by atoms with Crippen molar-refractivity contribution in [2.45, 2.75) is 52.2 Å². The van der Waals surface area contributed by atoms with Crippen LogP contribution in [-0.4, -0.2) is 15.8 Å². The average molecular weight is 207 g/mol. The summed E-state index contributed by atoms with van der Waals surface area (Å²) in [5, 5.41) is 7.77. The molecule has 1 heterocycles. The van der Waals surface area contributed by atoms with Crippen molar-refractivity contribution in [1.29, 1.82) is 0 Å². The molecule has 0 bridgehead atoms. The van der Waals surface area contributed by atoms with Crippen molar-refractivity contribution in [2.24, 2.45) is 5.92 Å². The van der Waals surface area contributed by atoms with Gasteiger partial charge in [-0.1, -0.05) is 26.7 Å².